The summed E-state index contributed by atoms with van der Waals surface area (Å²) in [7, 11) is 2.89. The minimum atomic E-state index is -0.442. The lowest BCUT2D eigenvalue weighted by Gasteiger charge is -2.15. The Balaban J connectivity index is 1.88. The Bertz CT molecular complexity index is 824. The summed E-state index contributed by atoms with van der Waals surface area (Å²) in [6.07, 6.45) is 2.81. The second kappa shape index (κ2) is 7.47. The Morgan fingerprint density at radius 3 is 1.54 bits per heavy atom. The van der Waals surface area contributed by atoms with Crippen molar-refractivity contribution in [3.8, 4) is 11.5 Å². The average Bonchev–Trinajstić information content (AvgIpc) is 3.35. The van der Waals surface area contributed by atoms with E-state index in [1.54, 1.807) is 12.1 Å². The van der Waals surface area contributed by atoms with Gasteiger partial charge in [-0.1, -0.05) is 0 Å². The second-order valence-electron chi connectivity index (χ2n) is 5.12. The largest absolute Gasteiger partial charge is 0.494 e. The van der Waals surface area contributed by atoms with Crippen LogP contribution in [0.15, 0.2) is 57.8 Å². The summed E-state index contributed by atoms with van der Waals surface area (Å²) >= 11 is 0. The van der Waals surface area contributed by atoms with Crippen LogP contribution < -0.4 is 20.1 Å². The Morgan fingerprint density at radius 1 is 0.808 bits per heavy atom. The van der Waals surface area contributed by atoms with E-state index in [2.05, 4.69) is 10.6 Å². The number of benzene rings is 1. The zero-order chi connectivity index (χ0) is 18.5. The summed E-state index contributed by atoms with van der Waals surface area (Å²) < 4.78 is 20.7. The number of furan rings is 2. The molecular weight excluding hydrogens is 340 g/mol. The molecule has 0 aliphatic rings. The molecule has 0 radical (unpaired) electrons. The van der Waals surface area contributed by atoms with E-state index in [0.717, 1.165) is 0 Å². The highest BCUT2D eigenvalue weighted by atomic mass is 16.5. The lowest BCUT2D eigenvalue weighted by Crippen LogP contribution is -2.14. The molecule has 0 saturated heterocycles. The van der Waals surface area contributed by atoms with Gasteiger partial charge in [-0.25, -0.2) is 0 Å². The van der Waals surface area contributed by atoms with Crippen molar-refractivity contribution in [2.45, 2.75) is 0 Å². The Labute approximate surface area is 148 Å². The minimum absolute atomic E-state index is 0.154. The van der Waals surface area contributed by atoms with Crippen molar-refractivity contribution < 1.29 is 27.9 Å². The van der Waals surface area contributed by atoms with Gasteiger partial charge >= 0.3 is 0 Å². The van der Waals surface area contributed by atoms with Crippen LogP contribution in [0.5, 0.6) is 11.5 Å². The highest BCUT2D eigenvalue weighted by Crippen LogP contribution is 2.37. The molecule has 0 atom stereocenters. The van der Waals surface area contributed by atoms with E-state index in [1.807, 2.05) is 0 Å². The molecule has 3 aromatic rings. The molecule has 134 valence electrons. The van der Waals surface area contributed by atoms with Crippen molar-refractivity contribution in [2.75, 3.05) is 24.9 Å². The Hall–Kier alpha value is -3.68. The van der Waals surface area contributed by atoms with Crippen LogP contribution in [0.3, 0.4) is 0 Å². The van der Waals surface area contributed by atoms with Gasteiger partial charge in [0, 0.05) is 12.1 Å². The quantitative estimate of drug-likeness (QED) is 0.702. The first-order chi connectivity index (χ1) is 12.6. The molecule has 2 heterocycles. The third-order valence-electron chi connectivity index (χ3n) is 3.51. The molecule has 0 bridgehead atoms. The van der Waals surface area contributed by atoms with Gasteiger partial charge in [0.2, 0.25) is 0 Å². The topological polar surface area (TPSA) is 103 Å². The minimum Gasteiger partial charge on any atom is -0.494 e. The number of nitrogens with one attached hydrogen (secondary N) is 2. The van der Waals surface area contributed by atoms with Crippen molar-refractivity contribution in [1.29, 1.82) is 0 Å². The van der Waals surface area contributed by atoms with Gasteiger partial charge in [0.25, 0.3) is 11.8 Å². The van der Waals surface area contributed by atoms with E-state index in [-0.39, 0.29) is 11.5 Å². The molecule has 3 rings (SSSR count). The summed E-state index contributed by atoms with van der Waals surface area (Å²) in [5, 5.41) is 5.36. The monoisotopic (exact) mass is 356 g/mol. The van der Waals surface area contributed by atoms with Gasteiger partial charge in [0.05, 0.1) is 38.1 Å². The standard InChI is InChI=1S/C18H16N2O6/c1-23-15-9-12(20-18(22)14-6-4-8-26-14)16(24-2)10-11(15)19-17(21)13-5-3-7-25-13/h3-10H,1-2H3,(H,19,21)(H,20,22). The van der Waals surface area contributed by atoms with Crippen molar-refractivity contribution in [3.05, 3.63) is 60.4 Å². The molecular formula is C18H16N2O6. The number of carbonyl (C=O) groups excluding carboxylic acids is 2. The van der Waals surface area contributed by atoms with E-state index in [4.69, 9.17) is 18.3 Å². The summed E-state index contributed by atoms with van der Waals surface area (Å²) in [6.45, 7) is 0. The SMILES string of the molecule is COc1cc(NC(=O)c2ccco2)c(OC)cc1NC(=O)c1ccco1. The van der Waals surface area contributed by atoms with Crippen LogP contribution in [0.4, 0.5) is 11.4 Å². The van der Waals surface area contributed by atoms with Gasteiger partial charge in [-0.2, -0.15) is 0 Å². The van der Waals surface area contributed by atoms with E-state index >= 15 is 0 Å². The third kappa shape index (κ3) is 3.54. The van der Waals surface area contributed by atoms with Gasteiger partial charge in [-0.15, -0.1) is 0 Å². The fourth-order valence-electron chi connectivity index (χ4n) is 2.28. The maximum absolute atomic E-state index is 12.2. The predicted molar refractivity (Wildman–Crippen MR) is 92.9 cm³/mol. The summed E-state index contributed by atoms with van der Waals surface area (Å²) in [6, 6.07) is 9.38. The van der Waals surface area contributed by atoms with Crippen molar-refractivity contribution in [1.82, 2.24) is 0 Å². The molecule has 2 amide bonds. The average molecular weight is 356 g/mol. The van der Waals surface area contributed by atoms with Crippen LogP contribution in [0, 0.1) is 0 Å². The number of hydrogen-bond donors (Lipinski definition) is 2. The number of anilines is 2. The number of amides is 2. The van der Waals surface area contributed by atoms with Crippen LogP contribution in [-0.2, 0) is 0 Å². The Kier molecular flexibility index (Phi) is 4.93. The van der Waals surface area contributed by atoms with Crippen LogP contribution in [0.1, 0.15) is 21.1 Å². The number of ether oxygens (including phenoxy) is 2. The van der Waals surface area contributed by atoms with Crippen LogP contribution in [0.2, 0.25) is 0 Å². The lowest BCUT2D eigenvalue weighted by molar-refractivity contribution is 0.0988. The van der Waals surface area contributed by atoms with Gasteiger partial charge < -0.3 is 28.9 Å². The van der Waals surface area contributed by atoms with Crippen molar-refractivity contribution >= 4 is 23.2 Å². The molecule has 26 heavy (non-hydrogen) atoms. The first kappa shape index (κ1) is 17.2. The molecule has 1 aromatic carbocycles. The normalized spacial score (nSPS) is 10.2. The van der Waals surface area contributed by atoms with Gasteiger partial charge in [-0.05, 0) is 24.3 Å². The molecule has 8 heteroatoms. The zero-order valence-corrected chi connectivity index (χ0v) is 14.1. The van der Waals surface area contributed by atoms with E-state index in [9.17, 15) is 9.59 Å². The van der Waals surface area contributed by atoms with Gasteiger partial charge in [-0.3, -0.25) is 9.59 Å². The fourth-order valence-corrected chi connectivity index (χ4v) is 2.28. The highest BCUT2D eigenvalue weighted by molar-refractivity contribution is 6.05. The van der Waals surface area contributed by atoms with Crippen molar-refractivity contribution in [2.24, 2.45) is 0 Å². The van der Waals surface area contributed by atoms with E-state index in [0.29, 0.717) is 22.9 Å². The summed E-state index contributed by atoms with van der Waals surface area (Å²) in [4.78, 5) is 24.4. The summed E-state index contributed by atoms with van der Waals surface area (Å²) in [5.41, 5.74) is 0.725. The summed E-state index contributed by atoms with van der Waals surface area (Å²) in [5.74, 6) is 0.0915. The van der Waals surface area contributed by atoms with Crippen molar-refractivity contribution in [3.63, 3.8) is 0 Å². The molecule has 2 aromatic heterocycles. The number of hydrogen-bond acceptors (Lipinski definition) is 6. The predicted octanol–water partition coefficient (Wildman–Crippen LogP) is 3.39. The maximum atomic E-state index is 12.2. The number of rotatable bonds is 6. The molecule has 2 N–H and O–H groups in total. The smallest absolute Gasteiger partial charge is 0.291 e. The zero-order valence-electron chi connectivity index (χ0n) is 14.1. The highest BCUT2D eigenvalue weighted by Gasteiger charge is 2.18. The van der Waals surface area contributed by atoms with E-state index < -0.39 is 11.8 Å². The van der Waals surface area contributed by atoms with Gasteiger partial charge in [0.15, 0.2) is 11.5 Å². The molecule has 0 spiro atoms. The Morgan fingerprint density at radius 2 is 1.23 bits per heavy atom. The fraction of sp³-hybridized carbons (Fsp3) is 0.111. The molecule has 0 unspecified atom stereocenters. The second-order valence-corrected chi connectivity index (χ2v) is 5.12. The van der Waals surface area contributed by atoms with E-state index in [1.165, 1.54) is 51.0 Å². The first-order valence-corrected chi connectivity index (χ1v) is 7.58. The van der Waals surface area contributed by atoms with Crippen LogP contribution in [-0.4, -0.2) is 26.0 Å². The van der Waals surface area contributed by atoms with Crippen LogP contribution >= 0.6 is 0 Å². The third-order valence-corrected chi connectivity index (χ3v) is 3.51. The number of carbonyl (C=O) groups is 2. The van der Waals surface area contributed by atoms with Gasteiger partial charge in [0.1, 0.15) is 11.5 Å². The molecule has 8 nitrogen and oxygen atoms in total. The van der Waals surface area contributed by atoms with Crippen LogP contribution in [0.25, 0.3) is 0 Å². The lowest BCUT2D eigenvalue weighted by atomic mass is 10.2. The molecule has 0 aliphatic heterocycles. The molecule has 0 fully saturated rings. The molecule has 0 saturated carbocycles. The number of methoxy groups -OCH3 is 2. The molecule has 0 aliphatic carbocycles. The maximum Gasteiger partial charge on any atom is 0.291 e. The first-order valence-electron chi connectivity index (χ1n) is 7.58.